The van der Waals surface area contributed by atoms with Gasteiger partial charge in [-0.2, -0.15) is 0 Å². The second-order valence-electron chi connectivity index (χ2n) is 5.02. The van der Waals surface area contributed by atoms with E-state index in [-0.39, 0.29) is 0 Å². The van der Waals surface area contributed by atoms with E-state index >= 15 is 0 Å². The SMILES string of the molecule is CC(C)CN(C)c1ccc(C(C)C)cc1. The molecule has 0 fully saturated rings. The Hall–Kier alpha value is -0.980. The zero-order valence-electron chi connectivity index (χ0n) is 10.6. The Morgan fingerprint density at radius 1 is 1.00 bits per heavy atom. The summed E-state index contributed by atoms with van der Waals surface area (Å²) in [7, 11) is 2.16. The molecule has 0 saturated heterocycles. The third-order valence-corrected chi connectivity index (χ3v) is 2.64. The third-order valence-electron chi connectivity index (χ3n) is 2.64. The van der Waals surface area contributed by atoms with Gasteiger partial charge in [0.1, 0.15) is 0 Å². The maximum Gasteiger partial charge on any atom is 0.0363 e. The van der Waals surface area contributed by atoms with Gasteiger partial charge in [-0.25, -0.2) is 0 Å². The topological polar surface area (TPSA) is 3.24 Å². The van der Waals surface area contributed by atoms with E-state index in [1.807, 2.05) is 0 Å². The number of hydrogen-bond acceptors (Lipinski definition) is 1. The van der Waals surface area contributed by atoms with E-state index in [1.54, 1.807) is 0 Å². The fourth-order valence-corrected chi connectivity index (χ4v) is 1.77. The summed E-state index contributed by atoms with van der Waals surface area (Å²) in [6, 6.07) is 8.91. The van der Waals surface area contributed by atoms with Gasteiger partial charge in [0.15, 0.2) is 0 Å². The van der Waals surface area contributed by atoms with Gasteiger partial charge in [-0.1, -0.05) is 39.8 Å². The van der Waals surface area contributed by atoms with Gasteiger partial charge in [-0.05, 0) is 29.5 Å². The van der Waals surface area contributed by atoms with Gasteiger partial charge in [0, 0.05) is 19.3 Å². The molecule has 1 heteroatoms. The van der Waals surface area contributed by atoms with Crippen LogP contribution < -0.4 is 4.90 Å². The molecule has 0 amide bonds. The Labute approximate surface area is 94.1 Å². The molecule has 84 valence electrons. The zero-order valence-corrected chi connectivity index (χ0v) is 10.6. The van der Waals surface area contributed by atoms with E-state index in [9.17, 15) is 0 Å². The van der Waals surface area contributed by atoms with Crippen molar-refractivity contribution in [2.45, 2.75) is 33.6 Å². The Balaban J connectivity index is 2.71. The van der Waals surface area contributed by atoms with Gasteiger partial charge in [-0.3, -0.25) is 0 Å². The fourth-order valence-electron chi connectivity index (χ4n) is 1.77. The summed E-state index contributed by atoms with van der Waals surface area (Å²) in [5.41, 5.74) is 2.73. The monoisotopic (exact) mass is 205 g/mol. The van der Waals surface area contributed by atoms with Crippen molar-refractivity contribution < 1.29 is 0 Å². The summed E-state index contributed by atoms with van der Waals surface area (Å²) in [4.78, 5) is 2.31. The van der Waals surface area contributed by atoms with Crippen LogP contribution in [0.1, 0.15) is 39.2 Å². The third kappa shape index (κ3) is 3.58. The molecule has 0 aromatic heterocycles. The second-order valence-corrected chi connectivity index (χ2v) is 5.02. The molecule has 0 aliphatic heterocycles. The molecular weight excluding hydrogens is 182 g/mol. The summed E-state index contributed by atoms with van der Waals surface area (Å²) in [5.74, 6) is 1.33. The number of nitrogens with zero attached hydrogens (tertiary/aromatic N) is 1. The maximum atomic E-state index is 2.31. The van der Waals surface area contributed by atoms with Crippen LogP contribution in [0.15, 0.2) is 24.3 Å². The maximum absolute atomic E-state index is 2.31. The van der Waals surface area contributed by atoms with Gasteiger partial charge in [0.25, 0.3) is 0 Å². The Morgan fingerprint density at radius 2 is 1.53 bits per heavy atom. The molecule has 15 heavy (non-hydrogen) atoms. The molecule has 0 aliphatic carbocycles. The highest BCUT2D eigenvalue weighted by molar-refractivity contribution is 5.47. The average molecular weight is 205 g/mol. The summed E-state index contributed by atoms with van der Waals surface area (Å²) < 4.78 is 0. The summed E-state index contributed by atoms with van der Waals surface area (Å²) in [6.45, 7) is 10.1. The molecule has 0 bridgehead atoms. The highest BCUT2D eigenvalue weighted by atomic mass is 15.1. The lowest BCUT2D eigenvalue weighted by Crippen LogP contribution is -2.22. The van der Waals surface area contributed by atoms with Gasteiger partial charge in [0.05, 0.1) is 0 Å². The van der Waals surface area contributed by atoms with Crippen LogP contribution in [0.3, 0.4) is 0 Å². The van der Waals surface area contributed by atoms with Crippen LogP contribution in [-0.2, 0) is 0 Å². The fraction of sp³-hybridized carbons (Fsp3) is 0.571. The highest BCUT2D eigenvalue weighted by Gasteiger charge is 2.04. The molecule has 0 saturated carbocycles. The summed E-state index contributed by atoms with van der Waals surface area (Å²) in [6.07, 6.45) is 0. The van der Waals surface area contributed by atoms with Crippen molar-refractivity contribution in [3.8, 4) is 0 Å². The Kier molecular flexibility index (Phi) is 4.19. The van der Waals surface area contributed by atoms with Crippen molar-refractivity contribution in [2.75, 3.05) is 18.5 Å². The van der Waals surface area contributed by atoms with Crippen LogP contribution in [0.5, 0.6) is 0 Å². The molecule has 0 atom stereocenters. The predicted molar refractivity (Wildman–Crippen MR) is 68.6 cm³/mol. The van der Waals surface area contributed by atoms with Crippen LogP contribution in [-0.4, -0.2) is 13.6 Å². The average Bonchev–Trinajstić information content (AvgIpc) is 2.17. The quantitative estimate of drug-likeness (QED) is 0.720. The molecule has 0 spiro atoms. The van der Waals surface area contributed by atoms with Crippen LogP contribution in [0, 0.1) is 5.92 Å². The number of anilines is 1. The van der Waals surface area contributed by atoms with E-state index in [1.165, 1.54) is 11.3 Å². The zero-order chi connectivity index (χ0) is 11.4. The van der Waals surface area contributed by atoms with E-state index in [0.29, 0.717) is 11.8 Å². The standard InChI is InChI=1S/C14H23N/c1-11(2)10-15(5)14-8-6-13(7-9-14)12(3)4/h6-9,11-12H,10H2,1-5H3. The molecule has 1 rings (SSSR count). The molecule has 1 aromatic carbocycles. The van der Waals surface area contributed by atoms with E-state index < -0.39 is 0 Å². The molecule has 0 N–H and O–H groups in total. The van der Waals surface area contributed by atoms with Crippen LogP contribution in [0.2, 0.25) is 0 Å². The summed E-state index contributed by atoms with van der Waals surface area (Å²) >= 11 is 0. The van der Waals surface area contributed by atoms with Crippen LogP contribution in [0.25, 0.3) is 0 Å². The number of rotatable bonds is 4. The highest BCUT2D eigenvalue weighted by Crippen LogP contribution is 2.19. The van der Waals surface area contributed by atoms with E-state index in [0.717, 1.165) is 6.54 Å². The molecule has 1 nitrogen and oxygen atoms in total. The molecule has 0 aliphatic rings. The van der Waals surface area contributed by atoms with Crippen molar-refractivity contribution in [3.05, 3.63) is 29.8 Å². The van der Waals surface area contributed by atoms with E-state index in [4.69, 9.17) is 0 Å². The smallest absolute Gasteiger partial charge is 0.0363 e. The first-order valence-corrected chi connectivity index (χ1v) is 5.81. The minimum absolute atomic E-state index is 0.620. The minimum Gasteiger partial charge on any atom is -0.374 e. The van der Waals surface area contributed by atoms with Crippen molar-refractivity contribution in [1.29, 1.82) is 0 Å². The lowest BCUT2D eigenvalue weighted by molar-refractivity contribution is 0.638. The van der Waals surface area contributed by atoms with Gasteiger partial charge in [0.2, 0.25) is 0 Å². The molecule has 1 aromatic rings. The molecule has 0 unspecified atom stereocenters. The van der Waals surface area contributed by atoms with Crippen molar-refractivity contribution >= 4 is 5.69 Å². The Bertz CT molecular complexity index is 285. The molecular formula is C14H23N. The van der Waals surface area contributed by atoms with Crippen molar-refractivity contribution in [1.82, 2.24) is 0 Å². The van der Waals surface area contributed by atoms with Crippen molar-refractivity contribution in [2.24, 2.45) is 5.92 Å². The molecule has 0 heterocycles. The largest absolute Gasteiger partial charge is 0.374 e. The van der Waals surface area contributed by atoms with Crippen LogP contribution >= 0.6 is 0 Å². The first-order chi connectivity index (χ1) is 7.00. The lowest BCUT2D eigenvalue weighted by Gasteiger charge is -2.22. The lowest BCUT2D eigenvalue weighted by atomic mass is 10.0. The van der Waals surface area contributed by atoms with Gasteiger partial charge in [-0.15, -0.1) is 0 Å². The Morgan fingerprint density at radius 3 is 1.93 bits per heavy atom. The van der Waals surface area contributed by atoms with Crippen molar-refractivity contribution in [3.63, 3.8) is 0 Å². The van der Waals surface area contributed by atoms with Gasteiger partial charge >= 0.3 is 0 Å². The second kappa shape index (κ2) is 5.20. The first kappa shape index (κ1) is 12.1. The first-order valence-electron chi connectivity index (χ1n) is 5.81. The molecule has 0 radical (unpaired) electrons. The number of benzene rings is 1. The normalized spacial score (nSPS) is 11.1. The van der Waals surface area contributed by atoms with Crippen LogP contribution in [0.4, 0.5) is 5.69 Å². The summed E-state index contributed by atoms with van der Waals surface area (Å²) in [5, 5.41) is 0. The van der Waals surface area contributed by atoms with Gasteiger partial charge < -0.3 is 4.90 Å². The predicted octanol–water partition coefficient (Wildman–Crippen LogP) is 3.90. The number of hydrogen-bond donors (Lipinski definition) is 0. The minimum atomic E-state index is 0.620. The van der Waals surface area contributed by atoms with E-state index in [2.05, 4.69) is 63.9 Å².